The number of methoxy groups -OCH3 is 1. The molecule has 0 saturated carbocycles. The maximum atomic E-state index is 13.2. The van der Waals surface area contributed by atoms with Crippen LogP contribution in [0.25, 0.3) is 5.76 Å². The third-order valence-corrected chi connectivity index (χ3v) is 6.16. The van der Waals surface area contributed by atoms with Crippen LogP contribution in [0.15, 0.2) is 66.8 Å². The lowest BCUT2D eigenvalue weighted by molar-refractivity contribution is -0.139. The second kappa shape index (κ2) is 9.54. The number of imidazole rings is 1. The first-order valence-electron chi connectivity index (χ1n) is 11.3. The molecule has 180 valence electrons. The van der Waals surface area contributed by atoms with Crippen LogP contribution in [0.2, 0.25) is 0 Å². The van der Waals surface area contributed by atoms with Gasteiger partial charge in [-0.05, 0) is 42.3 Å². The monoisotopic (exact) mass is 475 g/mol. The molecule has 1 saturated heterocycles. The van der Waals surface area contributed by atoms with E-state index in [4.69, 9.17) is 14.2 Å². The predicted octanol–water partition coefficient (Wildman–Crippen LogP) is 3.17. The van der Waals surface area contributed by atoms with Gasteiger partial charge in [0.2, 0.25) is 0 Å². The van der Waals surface area contributed by atoms with Crippen LogP contribution in [0.1, 0.15) is 23.6 Å². The van der Waals surface area contributed by atoms with Crippen molar-refractivity contribution in [1.29, 1.82) is 0 Å². The molecule has 0 aliphatic carbocycles. The van der Waals surface area contributed by atoms with E-state index in [9.17, 15) is 14.7 Å². The van der Waals surface area contributed by atoms with E-state index < -0.39 is 17.7 Å². The Hall–Kier alpha value is -4.27. The highest BCUT2D eigenvalue weighted by Crippen LogP contribution is 2.41. The highest BCUT2D eigenvalue weighted by Gasteiger charge is 2.45. The van der Waals surface area contributed by atoms with Crippen LogP contribution in [0.4, 0.5) is 0 Å². The minimum atomic E-state index is -0.739. The van der Waals surface area contributed by atoms with Crippen LogP contribution in [0.3, 0.4) is 0 Å². The molecular formula is C26H25N3O6. The van der Waals surface area contributed by atoms with Crippen LogP contribution in [0, 0.1) is 0 Å². The lowest BCUT2D eigenvalue weighted by Crippen LogP contribution is -2.31. The van der Waals surface area contributed by atoms with Gasteiger partial charge in [0.15, 0.2) is 11.5 Å². The van der Waals surface area contributed by atoms with Gasteiger partial charge in [-0.15, -0.1) is 0 Å². The molecule has 1 fully saturated rings. The van der Waals surface area contributed by atoms with E-state index in [1.165, 1.54) is 4.90 Å². The number of fused-ring (bicyclic) bond motifs is 1. The fourth-order valence-electron chi connectivity index (χ4n) is 4.43. The summed E-state index contributed by atoms with van der Waals surface area (Å²) in [6, 6.07) is 11.4. The van der Waals surface area contributed by atoms with Gasteiger partial charge in [0, 0.05) is 31.0 Å². The summed E-state index contributed by atoms with van der Waals surface area (Å²) in [5, 5.41) is 11.3. The van der Waals surface area contributed by atoms with Crippen LogP contribution in [-0.4, -0.2) is 58.1 Å². The van der Waals surface area contributed by atoms with Gasteiger partial charge in [-0.1, -0.05) is 12.1 Å². The lowest BCUT2D eigenvalue weighted by atomic mass is 9.95. The largest absolute Gasteiger partial charge is 0.507 e. The molecule has 1 aromatic heterocycles. The molecule has 2 aliphatic rings. The number of Topliss-reactive ketones (excluding diaryl/α,β-unsaturated/α-hetero) is 1. The number of carbonyl (C=O) groups excluding carboxylic acids is 2. The minimum Gasteiger partial charge on any atom is -0.507 e. The topological polar surface area (TPSA) is 103 Å². The molecule has 1 N–H and O–H groups in total. The molecule has 0 spiro atoms. The number of rotatable bonds is 7. The van der Waals surface area contributed by atoms with Crippen molar-refractivity contribution in [3.8, 4) is 17.2 Å². The molecule has 5 rings (SSSR count). The van der Waals surface area contributed by atoms with E-state index in [1.807, 2.05) is 10.8 Å². The van der Waals surface area contributed by atoms with E-state index >= 15 is 0 Å². The summed E-state index contributed by atoms with van der Waals surface area (Å²) in [5.74, 6) is 0.0857. The Morgan fingerprint density at radius 2 is 1.86 bits per heavy atom. The molecule has 3 heterocycles. The molecule has 0 unspecified atom stereocenters. The Balaban J connectivity index is 1.53. The molecule has 2 aliphatic heterocycles. The smallest absolute Gasteiger partial charge is 0.295 e. The number of benzene rings is 2. The van der Waals surface area contributed by atoms with E-state index in [-0.39, 0.29) is 11.3 Å². The first-order chi connectivity index (χ1) is 17.1. The van der Waals surface area contributed by atoms with Gasteiger partial charge in [0.1, 0.15) is 24.7 Å². The van der Waals surface area contributed by atoms with Gasteiger partial charge in [0.05, 0.1) is 25.1 Å². The van der Waals surface area contributed by atoms with E-state index in [0.717, 1.165) is 0 Å². The van der Waals surface area contributed by atoms with Gasteiger partial charge in [0.25, 0.3) is 11.7 Å². The molecule has 0 radical (unpaired) electrons. The fraction of sp³-hybridized carbons (Fsp3) is 0.269. The van der Waals surface area contributed by atoms with Crippen LogP contribution < -0.4 is 14.2 Å². The fourth-order valence-corrected chi connectivity index (χ4v) is 4.43. The second-order valence-electron chi connectivity index (χ2n) is 8.28. The van der Waals surface area contributed by atoms with Crippen molar-refractivity contribution in [3.05, 3.63) is 77.9 Å². The molecule has 9 heteroatoms. The summed E-state index contributed by atoms with van der Waals surface area (Å²) in [6.45, 7) is 1.81. The highest BCUT2D eigenvalue weighted by molar-refractivity contribution is 6.46. The number of aryl methyl sites for hydroxylation is 1. The van der Waals surface area contributed by atoms with Crippen molar-refractivity contribution >= 4 is 17.4 Å². The SMILES string of the molecule is COc1ccc([C@@H]2C(=C(O)c3ccc4c(c3)OCCO4)C(=O)C(=O)N2CCCn2ccnc2)cc1. The molecule has 1 amide bonds. The number of carbonyl (C=O) groups is 2. The highest BCUT2D eigenvalue weighted by atomic mass is 16.6. The Morgan fingerprint density at radius 3 is 2.57 bits per heavy atom. The van der Waals surface area contributed by atoms with Crippen LogP contribution >= 0.6 is 0 Å². The summed E-state index contributed by atoms with van der Waals surface area (Å²) in [5.41, 5.74) is 1.12. The van der Waals surface area contributed by atoms with E-state index in [1.54, 1.807) is 62.1 Å². The van der Waals surface area contributed by atoms with Gasteiger partial charge < -0.3 is 28.8 Å². The Bertz CT molecular complexity index is 1270. The quantitative estimate of drug-likeness (QED) is 0.318. The molecule has 0 bridgehead atoms. The number of hydrogen-bond acceptors (Lipinski definition) is 7. The third-order valence-electron chi connectivity index (χ3n) is 6.16. The molecular weight excluding hydrogens is 450 g/mol. The van der Waals surface area contributed by atoms with Crippen molar-refractivity contribution < 1.29 is 28.9 Å². The number of aliphatic hydroxyl groups excluding tert-OH is 1. The summed E-state index contributed by atoms with van der Waals surface area (Å²) < 4.78 is 18.4. The third kappa shape index (κ3) is 4.32. The number of ether oxygens (including phenoxy) is 3. The number of hydrogen-bond donors (Lipinski definition) is 1. The first-order valence-corrected chi connectivity index (χ1v) is 11.3. The summed E-state index contributed by atoms with van der Waals surface area (Å²) in [4.78, 5) is 31.9. The molecule has 2 aromatic carbocycles. The van der Waals surface area contributed by atoms with Gasteiger partial charge in [-0.2, -0.15) is 0 Å². The maximum Gasteiger partial charge on any atom is 0.295 e. The first kappa shape index (κ1) is 22.5. The van der Waals surface area contributed by atoms with Crippen molar-refractivity contribution in [2.45, 2.75) is 19.0 Å². The number of amides is 1. The minimum absolute atomic E-state index is 0.0412. The van der Waals surface area contributed by atoms with Crippen molar-refractivity contribution in [3.63, 3.8) is 0 Å². The second-order valence-corrected chi connectivity index (χ2v) is 8.28. The van der Waals surface area contributed by atoms with Crippen molar-refractivity contribution in [2.75, 3.05) is 26.9 Å². The summed E-state index contributed by atoms with van der Waals surface area (Å²) >= 11 is 0. The molecule has 9 nitrogen and oxygen atoms in total. The molecule has 35 heavy (non-hydrogen) atoms. The summed E-state index contributed by atoms with van der Waals surface area (Å²) in [7, 11) is 1.57. The van der Waals surface area contributed by atoms with Crippen LogP contribution in [0.5, 0.6) is 17.2 Å². The average molecular weight is 476 g/mol. The zero-order valence-electron chi connectivity index (χ0n) is 19.2. The zero-order chi connectivity index (χ0) is 24.4. The predicted molar refractivity (Wildman–Crippen MR) is 126 cm³/mol. The Morgan fingerprint density at radius 1 is 1.09 bits per heavy atom. The number of aliphatic hydroxyl groups is 1. The van der Waals surface area contributed by atoms with Gasteiger partial charge in [-0.25, -0.2) is 4.98 Å². The standard InChI is InChI=1S/C26H25N3O6/c1-33-19-6-3-17(4-7-19)23-22(24(30)18-5-8-20-21(15-18)35-14-13-34-20)25(31)26(32)29(23)11-2-10-28-12-9-27-16-28/h3-9,12,15-16,23,30H,2,10-11,13-14H2,1H3/t23-/m1/s1. The lowest BCUT2D eigenvalue weighted by Gasteiger charge is -2.25. The van der Waals surface area contributed by atoms with Crippen LogP contribution in [-0.2, 0) is 16.1 Å². The van der Waals surface area contributed by atoms with Crippen molar-refractivity contribution in [2.24, 2.45) is 0 Å². The Kier molecular flexibility index (Phi) is 6.13. The normalized spacial score (nSPS) is 18.7. The van der Waals surface area contributed by atoms with Gasteiger partial charge >= 0.3 is 0 Å². The van der Waals surface area contributed by atoms with E-state index in [0.29, 0.717) is 61.1 Å². The average Bonchev–Trinajstić information content (AvgIpc) is 3.50. The van der Waals surface area contributed by atoms with Gasteiger partial charge in [-0.3, -0.25) is 9.59 Å². The number of aromatic nitrogens is 2. The summed E-state index contributed by atoms with van der Waals surface area (Å²) in [6.07, 6.45) is 5.85. The van der Waals surface area contributed by atoms with Crippen molar-refractivity contribution in [1.82, 2.24) is 14.5 Å². The van der Waals surface area contributed by atoms with E-state index in [2.05, 4.69) is 4.98 Å². The zero-order valence-corrected chi connectivity index (χ0v) is 19.2. The number of likely N-dealkylation sites (tertiary alicyclic amines) is 1. The number of ketones is 1. The molecule has 1 atom stereocenters. The number of nitrogens with zero attached hydrogens (tertiary/aromatic N) is 3. The maximum absolute atomic E-state index is 13.2. The Labute approximate surface area is 202 Å². The molecule has 3 aromatic rings.